The Morgan fingerprint density at radius 2 is 1.78 bits per heavy atom. The van der Waals surface area contributed by atoms with Gasteiger partial charge in [0.25, 0.3) is 5.91 Å². The van der Waals surface area contributed by atoms with Crippen LogP contribution < -0.4 is 5.32 Å². The standard InChI is InChI=1S/C16H21ClN2O4/c1-16(2,15(22)23)19(3)13(20)5-4-10-18-14(21)11-6-8-12(17)9-7-11/h6-9H,4-5,10H2,1-3H3,(H,18,21)(H,22,23). The van der Waals surface area contributed by atoms with Gasteiger partial charge in [0.15, 0.2) is 0 Å². The Labute approximate surface area is 140 Å². The van der Waals surface area contributed by atoms with E-state index in [9.17, 15) is 14.4 Å². The number of carbonyl (C=O) groups excluding carboxylic acids is 2. The lowest BCUT2D eigenvalue weighted by Crippen LogP contribution is -2.50. The summed E-state index contributed by atoms with van der Waals surface area (Å²) in [6.45, 7) is 3.26. The Bertz CT molecular complexity index is 584. The van der Waals surface area contributed by atoms with E-state index in [1.165, 1.54) is 25.8 Å². The second-order valence-corrected chi connectivity index (χ2v) is 6.12. The van der Waals surface area contributed by atoms with Crippen LogP contribution in [0.2, 0.25) is 5.02 Å². The first-order valence-corrected chi connectivity index (χ1v) is 7.58. The van der Waals surface area contributed by atoms with Crippen LogP contribution in [0.1, 0.15) is 37.0 Å². The van der Waals surface area contributed by atoms with E-state index in [4.69, 9.17) is 16.7 Å². The Balaban J connectivity index is 2.39. The highest BCUT2D eigenvalue weighted by molar-refractivity contribution is 6.30. The Morgan fingerprint density at radius 3 is 2.30 bits per heavy atom. The molecule has 2 N–H and O–H groups in total. The van der Waals surface area contributed by atoms with Gasteiger partial charge in [-0.25, -0.2) is 4.79 Å². The molecular weight excluding hydrogens is 320 g/mol. The van der Waals surface area contributed by atoms with Crippen molar-refractivity contribution < 1.29 is 19.5 Å². The molecule has 126 valence electrons. The molecule has 2 amide bonds. The summed E-state index contributed by atoms with van der Waals surface area (Å²) < 4.78 is 0. The van der Waals surface area contributed by atoms with E-state index in [1.54, 1.807) is 24.3 Å². The third-order valence-corrected chi connectivity index (χ3v) is 3.95. The monoisotopic (exact) mass is 340 g/mol. The van der Waals surface area contributed by atoms with Crippen LogP contribution in [0.3, 0.4) is 0 Å². The molecule has 0 fully saturated rings. The molecule has 0 atom stereocenters. The molecule has 0 saturated carbocycles. The highest BCUT2D eigenvalue weighted by atomic mass is 35.5. The lowest BCUT2D eigenvalue weighted by atomic mass is 10.0. The van der Waals surface area contributed by atoms with Gasteiger partial charge in [-0.1, -0.05) is 11.6 Å². The molecule has 1 aromatic carbocycles. The zero-order chi connectivity index (χ0) is 17.6. The summed E-state index contributed by atoms with van der Waals surface area (Å²) in [4.78, 5) is 36.1. The van der Waals surface area contributed by atoms with Gasteiger partial charge in [-0.05, 0) is 44.5 Å². The summed E-state index contributed by atoms with van der Waals surface area (Å²) in [6.07, 6.45) is 0.590. The fraction of sp³-hybridized carbons (Fsp3) is 0.438. The number of nitrogens with one attached hydrogen (secondary N) is 1. The van der Waals surface area contributed by atoms with Crippen molar-refractivity contribution in [1.29, 1.82) is 0 Å². The zero-order valence-electron chi connectivity index (χ0n) is 13.4. The predicted molar refractivity (Wildman–Crippen MR) is 87.5 cm³/mol. The van der Waals surface area contributed by atoms with Crippen molar-refractivity contribution >= 4 is 29.4 Å². The minimum Gasteiger partial charge on any atom is -0.480 e. The number of carboxylic acid groups (broad SMARTS) is 1. The largest absolute Gasteiger partial charge is 0.480 e. The summed E-state index contributed by atoms with van der Waals surface area (Å²) in [5.41, 5.74) is -0.770. The van der Waals surface area contributed by atoms with Crippen LogP contribution in [-0.2, 0) is 9.59 Å². The number of amides is 2. The first-order valence-electron chi connectivity index (χ1n) is 7.20. The molecule has 23 heavy (non-hydrogen) atoms. The van der Waals surface area contributed by atoms with E-state index < -0.39 is 11.5 Å². The lowest BCUT2D eigenvalue weighted by molar-refractivity contribution is -0.155. The van der Waals surface area contributed by atoms with Gasteiger partial charge in [-0.15, -0.1) is 0 Å². The van der Waals surface area contributed by atoms with Crippen LogP contribution in [0.5, 0.6) is 0 Å². The fourth-order valence-electron chi connectivity index (χ4n) is 1.77. The number of carboxylic acids is 1. The van der Waals surface area contributed by atoms with E-state index in [1.807, 2.05) is 0 Å². The van der Waals surface area contributed by atoms with Crippen LogP contribution in [-0.4, -0.2) is 46.9 Å². The predicted octanol–water partition coefficient (Wildman–Crippen LogP) is 2.17. The molecule has 0 bridgehead atoms. The van der Waals surface area contributed by atoms with Crippen molar-refractivity contribution in [2.24, 2.45) is 0 Å². The van der Waals surface area contributed by atoms with Crippen molar-refractivity contribution in [2.45, 2.75) is 32.2 Å². The number of rotatable bonds is 7. The lowest BCUT2D eigenvalue weighted by Gasteiger charge is -2.31. The molecule has 0 aromatic heterocycles. The van der Waals surface area contributed by atoms with E-state index in [-0.39, 0.29) is 18.2 Å². The smallest absolute Gasteiger partial charge is 0.329 e. The normalized spacial score (nSPS) is 11.0. The first-order chi connectivity index (χ1) is 10.7. The molecular formula is C16H21ClN2O4. The minimum atomic E-state index is -1.26. The zero-order valence-corrected chi connectivity index (χ0v) is 14.2. The molecule has 0 spiro atoms. The number of hydrogen-bond donors (Lipinski definition) is 2. The molecule has 1 aromatic rings. The Hall–Kier alpha value is -2.08. The van der Waals surface area contributed by atoms with Gasteiger partial charge in [0.05, 0.1) is 0 Å². The van der Waals surface area contributed by atoms with Gasteiger partial charge in [0.2, 0.25) is 5.91 Å². The van der Waals surface area contributed by atoms with Gasteiger partial charge < -0.3 is 15.3 Å². The summed E-state index contributed by atoms with van der Waals surface area (Å²) in [5, 5.41) is 12.3. The van der Waals surface area contributed by atoms with Crippen molar-refractivity contribution in [3.63, 3.8) is 0 Å². The number of halogens is 1. The molecule has 0 aliphatic rings. The molecule has 1 rings (SSSR count). The minimum absolute atomic E-state index is 0.161. The Kier molecular flexibility index (Phi) is 6.57. The first kappa shape index (κ1) is 19.0. The second kappa shape index (κ2) is 7.97. The topological polar surface area (TPSA) is 86.7 Å². The molecule has 0 unspecified atom stereocenters. The second-order valence-electron chi connectivity index (χ2n) is 5.68. The van der Waals surface area contributed by atoms with Crippen LogP contribution in [0.15, 0.2) is 24.3 Å². The highest BCUT2D eigenvalue weighted by Crippen LogP contribution is 2.14. The number of aliphatic carboxylic acids is 1. The van der Waals surface area contributed by atoms with E-state index in [0.29, 0.717) is 23.6 Å². The maximum Gasteiger partial charge on any atom is 0.329 e. The third-order valence-electron chi connectivity index (χ3n) is 3.70. The third kappa shape index (κ3) is 5.25. The summed E-state index contributed by atoms with van der Waals surface area (Å²) >= 11 is 5.75. The van der Waals surface area contributed by atoms with Crippen molar-refractivity contribution in [2.75, 3.05) is 13.6 Å². The number of nitrogens with zero attached hydrogens (tertiary/aromatic N) is 1. The van der Waals surface area contributed by atoms with Crippen molar-refractivity contribution in [3.8, 4) is 0 Å². The average Bonchev–Trinajstić information content (AvgIpc) is 2.50. The summed E-state index contributed by atoms with van der Waals surface area (Å²) in [5.74, 6) is -1.59. The molecule has 0 aliphatic heterocycles. The Morgan fingerprint density at radius 1 is 1.22 bits per heavy atom. The van der Waals surface area contributed by atoms with Gasteiger partial charge in [0.1, 0.15) is 5.54 Å². The van der Waals surface area contributed by atoms with Gasteiger partial charge in [-0.3, -0.25) is 9.59 Å². The van der Waals surface area contributed by atoms with Crippen LogP contribution in [0.4, 0.5) is 0 Å². The van der Waals surface area contributed by atoms with Crippen molar-refractivity contribution in [1.82, 2.24) is 10.2 Å². The molecule has 0 radical (unpaired) electrons. The SMILES string of the molecule is CN(C(=O)CCCNC(=O)c1ccc(Cl)cc1)C(C)(C)C(=O)O. The van der Waals surface area contributed by atoms with Gasteiger partial charge in [-0.2, -0.15) is 0 Å². The number of benzene rings is 1. The molecule has 0 saturated heterocycles. The number of likely N-dealkylation sites (N-methyl/N-ethyl adjacent to an activating group) is 1. The van der Waals surface area contributed by atoms with Crippen LogP contribution >= 0.6 is 11.6 Å². The van der Waals surface area contributed by atoms with Gasteiger partial charge in [0, 0.05) is 30.6 Å². The number of carbonyl (C=O) groups is 3. The van der Waals surface area contributed by atoms with Gasteiger partial charge >= 0.3 is 5.97 Å². The van der Waals surface area contributed by atoms with Crippen LogP contribution in [0, 0.1) is 0 Å². The molecule has 6 nitrogen and oxygen atoms in total. The number of hydrogen-bond acceptors (Lipinski definition) is 3. The fourth-order valence-corrected chi connectivity index (χ4v) is 1.89. The van der Waals surface area contributed by atoms with Crippen LogP contribution in [0.25, 0.3) is 0 Å². The van der Waals surface area contributed by atoms with E-state index in [2.05, 4.69) is 5.32 Å². The van der Waals surface area contributed by atoms with Crippen molar-refractivity contribution in [3.05, 3.63) is 34.9 Å². The quantitative estimate of drug-likeness (QED) is 0.745. The maximum absolute atomic E-state index is 12.0. The summed E-state index contributed by atoms with van der Waals surface area (Å²) in [7, 11) is 1.46. The highest BCUT2D eigenvalue weighted by Gasteiger charge is 2.34. The summed E-state index contributed by atoms with van der Waals surface area (Å²) in [6, 6.07) is 6.49. The molecule has 7 heteroatoms. The van der Waals surface area contributed by atoms with E-state index in [0.717, 1.165) is 0 Å². The average molecular weight is 341 g/mol. The molecule has 0 aliphatic carbocycles. The molecule has 0 heterocycles. The van der Waals surface area contributed by atoms with E-state index >= 15 is 0 Å². The maximum atomic E-state index is 12.0.